The lowest BCUT2D eigenvalue weighted by Crippen LogP contribution is -2.12. The van der Waals surface area contributed by atoms with Crippen molar-refractivity contribution in [1.82, 2.24) is 10.3 Å². The molecule has 0 amide bonds. The quantitative estimate of drug-likeness (QED) is 0.906. The molecule has 2 rings (SSSR count). The van der Waals surface area contributed by atoms with E-state index in [1.165, 1.54) is 0 Å². The zero-order valence-electron chi connectivity index (χ0n) is 11.1. The lowest BCUT2D eigenvalue weighted by atomic mass is 10.1. The van der Waals surface area contributed by atoms with Gasteiger partial charge in [-0.25, -0.2) is 4.98 Å². The van der Waals surface area contributed by atoms with Gasteiger partial charge in [-0.05, 0) is 37.2 Å². The topological polar surface area (TPSA) is 34.1 Å². The lowest BCUT2D eigenvalue weighted by Gasteiger charge is -2.11. The van der Waals surface area contributed by atoms with E-state index in [4.69, 9.17) is 16.3 Å². The van der Waals surface area contributed by atoms with Gasteiger partial charge in [-0.1, -0.05) is 29.8 Å². The number of pyridine rings is 1. The molecule has 1 aromatic carbocycles. The smallest absolute Gasteiger partial charge is 0.213 e. The van der Waals surface area contributed by atoms with Crippen LogP contribution in [0, 0.1) is 0 Å². The molecular weight excluding hydrogens is 260 g/mol. The van der Waals surface area contributed by atoms with E-state index < -0.39 is 0 Å². The molecule has 19 heavy (non-hydrogen) atoms. The molecule has 1 unspecified atom stereocenters. The number of benzene rings is 1. The Labute approximate surface area is 118 Å². The van der Waals surface area contributed by atoms with Crippen molar-refractivity contribution >= 4 is 11.6 Å². The van der Waals surface area contributed by atoms with Crippen LogP contribution in [0.15, 0.2) is 42.6 Å². The van der Waals surface area contributed by atoms with Crippen LogP contribution in [-0.2, 0) is 6.61 Å². The summed E-state index contributed by atoms with van der Waals surface area (Å²) in [6, 6.07) is 11.8. The molecule has 1 heterocycles. The Bertz CT molecular complexity index is 528. The summed E-state index contributed by atoms with van der Waals surface area (Å²) >= 11 is 5.92. The molecule has 0 fully saturated rings. The predicted octanol–water partition coefficient (Wildman–Crippen LogP) is 3.59. The zero-order valence-corrected chi connectivity index (χ0v) is 11.8. The molecule has 1 aromatic heterocycles. The highest BCUT2D eigenvalue weighted by molar-refractivity contribution is 6.30. The first kappa shape index (κ1) is 13.8. The number of hydrogen-bond donors (Lipinski definition) is 1. The standard InChI is InChI=1S/C15H17ClN2O/c1-11(17-2)13-6-7-15(18-9-13)19-10-12-4-3-5-14(16)8-12/h3-9,11,17H,10H2,1-2H3. The van der Waals surface area contributed by atoms with Crippen molar-refractivity contribution in [3.63, 3.8) is 0 Å². The van der Waals surface area contributed by atoms with Gasteiger partial charge < -0.3 is 10.1 Å². The highest BCUT2D eigenvalue weighted by Gasteiger charge is 2.03. The SMILES string of the molecule is CNC(C)c1ccc(OCc2cccc(Cl)c2)nc1. The van der Waals surface area contributed by atoms with Crippen LogP contribution >= 0.6 is 11.6 Å². The molecule has 0 radical (unpaired) electrons. The molecule has 0 bridgehead atoms. The van der Waals surface area contributed by atoms with Gasteiger partial charge in [-0.3, -0.25) is 0 Å². The van der Waals surface area contributed by atoms with E-state index in [1.54, 1.807) is 0 Å². The van der Waals surface area contributed by atoms with E-state index in [9.17, 15) is 0 Å². The molecule has 0 aliphatic carbocycles. The van der Waals surface area contributed by atoms with Crippen LogP contribution in [0.2, 0.25) is 5.02 Å². The number of nitrogens with zero attached hydrogens (tertiary/aromatic N) is 1. The van der Waals surface area contributed by atoms with Crippen molar-refractivity contribution in [3.8, 4) is 5.88 Å². The van der Waals surface area contributed by atoms with Crippen molar-refractivity contribution in [2.75, 3.05) is 7.05 Å². The Hall–Kier alpha value is -1.58. The van der Waals surface area contributed by atoms with Gasteiger partial charge in [-0.2, -0.15) is 0 Å². The highest BCUT2D eigenvalue weighted by Crippen LogP contribution is 2.16. The van der Waals surface area contributed by atoms with Gasteiger partial charge in [-0.15, -0.1) is 0 Å². The van der Waals surface area contributed by atoms with Crippen molar-refractivity contribution < 1.29 is 4.74 Å². The maximum Gasteiger partial charge on any atom is 0.213 e. The van der Waals surface area contributed by atoms with Crippen LogP contribution in [0.3, 0.4) is 0 Å². The van der Waals surface area contributed by atoms with Gasteiger partial charge >= 0.3 is 0 Å². The number of halogens is 1. The molecule has 0 saturated heterocycles. The van der Waals surface area contributed by atoms with Crippen molar-refractivity contribution in [2.24, 2.45) is 0 Å². The lowest BCUT2D eigenvalue weighted by molar-refractivity contribution is 0.293. The molecular formula is C15H17ClN2O. The van der Waals surface area contributed by atoms with Crippen LogP contribution in [0.1, 0.15) is 24.1 Å². The zero-order chi connectivity index (χ0) is 13.7. The fraction of sp³-hybridized carbons (Fsp3) is 0.267. The summed E-state index contributed by atoms with van der Waals surface area (Å²) in [5, 5.41) is 3.88. The summed E-state index contributed by atoms with van der Waals surface area (Å²) in [7, 11) is 1.92. The van der Waals surface area contributed by atoms with E-state index in [1.807, 2.05) is 49.6 Å². The maximum atomic E-state index is 5.92. The second-order valence-corrected chi connectivity index (χ2v) is 4.80. The van der Waals surface area contributed by atoms with Gasteiger partial charge in [0.05, 0.1) is 0 Å². The molecule has 2 aromatic rings. The van der Waals surface area contributed by atoms with Gasteiger partial charge in [0.1, 0.15) is 6.61 Å². The van der Waals surface area contributed by atoms with Crippen LogP contribution in [0.5, 0.6) is 5.88 Å². The normalized spacial score (nSPS) is 12.2. The summed E-state index contributed by atoms with van der Waals surface area (Å²) in [6.45, 7) is 2.55. The maximum absolute atomic E-state index is 5.92. The third-order valence-electron chi connectivity index (χ3n) is 2.97. The Balaban J connectivity index is 1.96. The number of aromatic nitrogens is 1. The molecule has 1 atom stereocenters. The number of rotatable bonds is 5. The van der Waals surface area contributed by atoms with E-state index >= 15 is 0 Å². The van der Waals surface area contributed by atoms with Crippen LogP contribution in [0.4, 0.5) is 0 Å². The molecule has 0 aliphatic rings. The van der Waals surface area contributed by atoms with Crippen molar-refractivity contribution in [3.05, 3.63) is 58.7 Å². The van der Waals surface area contributed by atoms with E-state index in [-0.39, 0.29) is 6.04 Å². The van der Waals surface area contributed by atoms with Gasteiger partial charge in [0.15, 0.2) is 0 Å². The molecule has 100 valence electrons. The van der Waals surface area contributed by atoms with E-state index in [2.05, 4.69) is 17.2 Å². The summed E-state index contributed by atoms with van der Waals surface area (Å²) in [5.41, 5.74) is 2.17. The van der Waals surface area contributed by atoms with Crippen molar-refractivity contribution in [1.29, 1.82) is 0 Å². The van der Waals surface area contributed by atoms with Gasteiger partial charge in [0.25, 0.3) is 0 Å². The third kappa shape index (κ3) is 3.94. The fourth-order valence-corrected chi connectivity index (χ4v) is 1.90. The monoisotopic (exact) mass is 276 g/mol. The average Bonchev–Trinajstić information content (AvgIpc) is 2.45. The minimum absolute atomic E-state index is 0.287. The largest absolute Gasteiger partial charge is 0.473 e. The predicted molar refractivity (Wildman–Crippen MR) is 77.5 cm³/mol. The average molecular weight is 277 g/mol. The van der Waals surface area contributed by atoms with Crippen LogP contribution in [-0.4, -0.2) is 12.0 Å². The van der Waals surface area contributed by atoms with Crippen LogP contribution in [0.25, 0.3) is 0 Å². The summed E-state index contributed by atoms with van der Waals surface area (Å²) in [5.74, 6) is 0.618. The Kier molecular flexibility index (Phi) is 4.77. The Morgan fingerprint density at radius 3 is 2.79 bits per heavy atom. The van der Waals surface area contributed by atoms with E-state index in [0.29, 0.717) is 17.5 Å². The summed E-state index contributed by atoms with van der Waals surface area (Å²) in [6.07, 6.45) is 1.83. The third-order valence-corrected chi connectivity index (χ3v) is 3.20. The summed E-state index contributed by atoms with van der Waals surface area (Å²) in [4.78, 5) is 4.29. The molecule has 1 N–H and O–H groups in total. The summed E-state index contributed by atoms with van der Waals surface area (Å²) < 4.78 is 5.63. The second kappa shape index (κ2) is 6.55. The highest BCUT2D eigenvalue weighted by atomic mass is 35.5. The first-order chi connectivity index (χ1) is 9.19. The van der Waals surface area contributed by atoms with E-state index in [0.717, 1.165) is 11.1 Å². The molecule has 0 saturated carbocycles. The first-order valence-corrected chi connectivity index (χ1v) is 6.57. The van der Waals surface area contributed by atoms with Crippen molar-refractivity contribution in [2.45, 2.75) is 19.6 Å². The molecule has 3 nitrogen and oxygen atoms in total. The first-order valence-electron chi connectivity index (χ1n) is 6.19. The number of hydrogen-bond acceptors (Lipinski definition) is 3. The molecule has 0 aliphatic heterocycles. The van der Waals surface area contributed by atoms with Gasteiger partial charge in [0.2, 0.25) is 5.88 Å². The minimum Gasteiger partial charge on any atom is -0.473 e. The minimum atomic E-state index is 0.287. The second-order valence-electron chi connectivity index (χ2n) is 4.36. The number of nitrogens with one attached hydrogen (secondary N) is 1. The molecule has 4 heteroatoms. The fourth-order valence-electron chi connectivity index (χ4n) is 1.68. The Morgan fingerprint density at radius 2 is 2.16 bits per heavy atom. The van der Waals surface area contributed by atoms with Gasteiger partial charge in [0, 0.05) is 23.3 Å². The molecule has 0 spiro atoms. The number of ether oxygens (including phenoxy) is 1. The Morgan fingerprint density at radius 1 is 1.32 bits per heavy atom. The van der Waals surface area contributed by atoms with Crippen LogP contribution < -0.4 is 10.1 Å².